The lowest BCUT2D eigenvalue weighted by Crippen LogP contribution is -2.09. The molecule has 0 aromatic heterocycles. The van der Waals surface area contributed by atoms with Crippen molar-refractivity contribution in [2.45, 2.75) is 13.3 Å². The van der Waals surface area contributed by atoms with E-state index >= 15 is 0 Å². The van der Waals surface area contributed by atoms with Crippen LogP contribution in [0.3, 0.4) is 0 Å². The summed E-state index contributed by atoms with van der Waals surface area (Å²) in [5.74, 6) is 0. The van der Waals surface area contributed by atoms with E-state index in [0.717, 1.165) is 12.1 Å². The Morgan fingerprint density at radius 3 is 2.21 bits per heavy atom. The van der Waals surface area contributed by atoms with E-state index in [9.17, 15) is 0 Å². The first-order valence-corrected chi connectivity index (χ1v) is 6.68. The molecule has 0 aliphatic heterocycles. The maximum atomic E-state index is 4.17. The number of nitrogens with zero attached hydrogens (tertiary/aromatic N) is 1. The topological polar surface area (TPSA) is 3.24 Å². The molecule has 0 heterocycles. The second kappa shape index (κ2) is 5.75. The number of rotatable bonds is 4. The third-order valence-electron chi connectivity index (χ3n) is 3.45. The van der Waals surface area contributed by atoms with Gasteiger partial charge >= 0.3 is 0 Å². The summed E-state index contributed by atoms with van der Waals surface area (Å²) in [5.41, 5.74) is 6.08. The molecule has 2 aromatic rings. The van der Waals surface area contributed by atoms with Crippen molar-refractivity contribution < 1.29 is 0 Å². The lowest BCUT2D eigenvalue weighted by Gasteiger charge is -2.19. The van der Waals surface area contributed by atoms with Gasteiger partial charge in [0.25, 0.3) is 0 Å². The van der Waals surface area contributed by atoms with Gasteiger partial charge in [0.2, 0.25) is 0 Å². The molecule has 0 aliphatic carbocycles. The van der Waals surface area contributed by atoms with E-state index < -0.39 is 0 Å². The molecule has 1 heteroatoms. The van der Waals surface area contributed by atoms with Crippen molar-refractivity contribution in [2.24, 2.45) is 0 Å². The van der Waals surface area contributed by atoms with Crippen LogP contribution in [0.4, 0.5) is 0 Å². The average Bonchev–Trinajstić information content (AvgIpc) is 2.46. The fourth-order valence-corrected chi connectivity index (χ4v) is 2.15. The lowest BCUT2D eigenvalue weighted by atomic mass is 9.96. The second-order valence-electron chi connectivity index (χ2n) is 4.94. The van der Waals surface area contributed by atoms with Crippen LogP contribution in [-0.4, -0.2) is 19.0 Å². The second-order valence-corrected chi connectivity index (χ2v) is 4.94. The first-order valence-electron chi connectivity index (χ1n) is 6.68. The SMILES string of the molecule is C=C(c1ccccc1-c1ccc(CC)cc1)N(C)C. The van der Waals surface area contributed by atoms with Gasteiger partial charge in [0.15, 0.2) is 0 Å². The Hall–Kier alpha value is -2.02. The Balaban J connectivity index is 2.46. The number of hydrogen-bond donors (Lipinski definition) is 0. The predicted molar refractivity (Wildman–Crippen MR) is 84.0 cm³/mol. The molecule has 0 saturated carbocycles. The molecule has 0 saturated heterocycles. The van der Waals surface area contributed by atoms with Crippen molar-refractivity contribution >= 4 is 5.70 Å². The van der Waals surface area contributed by atoms with E-state index in [0.29, 0.717) is 0 Å². The highest BCUT2D eigenvalue weighted by Gasteiger charge is 2.08. The normalized spacial score (nSPS) is 10.3. The zero-order valence-corrected chi connectivity index (χ0v) is 12.0. The van der Waals surface area contributed by atoms with Crippen LogP contribution in [0.5, 0.6) is 0 Å². The molecule has 0 unspecified atom stereocenters. The van der Waals surface area contributed by atoms with Crippen LogP contribution < -0.4 is 0 Å². The van der Waals surface area contributed by atoms with Gasteiger partial charge in [-0.25, -0.2) is 0 Å². The minimum atomic E-state index is 1.04. The summed E-state index contributed by atoms with van der Waals surface area (Å²) in [6, 6.07) is 17.2. The third kappa shape index (κ3) is 2.87. The maximum absolute atomic E-state index is 4.17. The van der Waals surface area contributed by atoms with Gasteiger partial charge in [-0.1, -0.05) is 62.0 Å². The molecule has 19 heavy (non-hydrogen) atoms. The standard InChI is InChI=1S/C18H21N/c1-5-15-10-12-16(13-11-15)18-9-7-6-8-17(18)14(2)19(3)4/h6-13H,2,5H2,1,3-4H3. The highest BCUT2D eigenvalue weighted by Crippen LogP contribution is 2.29. The molecule has 0 amide bonds. The summed E-state index contributed by atoms with van der Waals surface area (Å²) >= 11 is 0. The minimum absolute atomic E-state index is 1.04. The van der Waals surface area contributed by atoms with E-state index in [-0.39, 0.29) is 0 Å². The molecule has 0 radical (unpaired) electrons. The van der Waals surface area contributed by atoms with Gasteiger partial charge in [0.1, 0.15) is 0 Å². The molecular weight excluding hydrogens is 230 g/mol. The maximum Gasteiger partial charge on any atom is 0.0367 e. The quantitative estimate of drug-likeness (QED) is 0.776. The Bertz CT molecular complexity index is 564. The summed E-state index contributed by atoms with van der Waals surface area (Å²) in [7, 11) is 4.05. The van der Waals surface area contributed by atoms with Gasteiger partial charge < -0.3 is 4.90 Å². The minimum Gasteiger partial charge on any atom is -0.378 e. The molecule has 0 fully saturated rings. The molecular formula is C18H21N. The fraction of sp³-hybridized carbons (Fsp3) is 0.222. The van der Waals surface area contributed by atoms with Crippen molar-refractivity contribution in [2.75, 3.05) is 14.1 Å². The van der Waals surface area contributed by atoms with E-state index in [1.807, 2.05) is 14.1 Å². The Morgan fingerprint density at radius 1 is 1.00 bits per heavy atom. The van der Waals surface area contributed by atoms with Crippen molar-refractivity contribution in [3.05, 3.63) is 66.2 Å². The first kappa shape index (κ1) is 13.4. The van der Waals surface area contributed by atoms with Crippen LogP contribution in [-0.2, 0) is 6.42 Å². The van der Waals surface area contributed by atoms with Crippen LogP contribution in [0.1, 0.15) is 18.1 Å². The smallest absolute Gasteiger partial charge is 0.0367 e. The van der Waals surface area contributed by atoms with Gasteiger partial charge in [-0.3, -0.25) is 0 Å². The number of aryl methyl sites for hydroxylation is 1. The van der Waals surface area contributed by atoms with Crippen LogP contribution in [0.15, 0.2) is 55.1 Å². The molecule has 1 nitrogen and oxygen atoms in total. The summed E-state index contributed by atoms with van der Waals surface area (Å²) < 4.78 is 0. The molecule has 98 valence electrons. The van der Waals surface area contributed by atoms with E-state index in [2.05, 4.69) is 66.9 Å². The van der Waals surface area contributed by atoms with E-state index in [4.69, 9.17) is 0 Å². The highest BCUT2D eigenvalue weighted by molar-refractivity contribution is 5.79. The zero-order valence-electron chi connectivity index (χ0n) is 12.0. The molecule has 0 atom stereocenters. The molecule has 0 spiro atoms. The Kier molecular flexibility index (Phi) is 4.06. The zero-order chi connectivity index (χ0) is 13.8. The highest BCUT2D eigenvalue weighted by atomic mass is 15.1. The van der Waals surface area contributed by atoms with Gasteiger partial charge in [0.05, 0.1) is 0 Å². The molecule has 2 aromatic carbocycles. The van der Waals surface area contributed by atoms with Crippen LogP contribution in [0.2, 0.25) is 0 Å². The van der Waals surface area contributed by atoms with E-state index in [1.165, 1.54) is 22.3 Å². The van der Waals surface area contributed by atoms with Crippen molar-refractivity contribution in [1.29, 1.82) is 0 Å². The average molecular weight is 251 g/mol. The van der Waals surface area contributed by atoms with Gasteiger partial charge in [-0.15, -0.1) is 0 Å². The van der Waals surface area contributed by atoms with Gasteiger partial charge in [-0.2, -0.15) is 0 Å². The van der Waals surface area contributed by atoms with Crippen molar-refractivity contribution in [1.82, 2.24) is 4.90 Å². The van der Waals surface area contributed by atoms with Crippen molar-refractivity contribution in [3.63, 3.8) is 0 Å². The van der Waals surface area contributed by atoms with E-state index in [1.54, 1.807) is 0 Å². The summed E-state index contributed by atoms with van der Waals surface area (Å²) in [4.78, 5) is 2.05. The molecule has 2 rings (SSSR count). The molecule has 0 aliphatic rings. The summed E-state index contributed by atoms with van der Waals surface area (Å²) in [6.45, 7) is 6.35. The van der Waals surface area contributed by atoms with Crippen molar-refractivity contribution in [3.8, 4) is 11.1 Å². The number of hydrogen-bond acceptors (Lipinski definition) is 1. The van der Waals surface area contributed by atoms with Crippen LogP contribution in [0, 0.1) is 0 Å². The summed E-state index contributed by atoms with van der Waals surface area (Å²) in [5, 5.41) is 0. The lowest BCUT2D eigenvalue weighted by molar-refractivity contribution is 0.594. The first-order chi connectivity index (χ1) is 9.13. The van der Waals surface area contributed by atoms with Crippen LogP contribution in [0.25, 0.3) is 16.8 Å². The molecule has 0 bridgehead atoms. The Labute approximate surface area is 116 Å². The van der Waals surface area contributed by atoms with Gasteiger partial charge in [-0.05, 0) is 23.1 Å². The van der Waals surface area contributed by atoms with Gasteiger partial charge in [0, 0.05) is 25.4 Å². The third-order valence-corrected chi connectivity index (χ3v) is 3.45. The number of benzene rings is 2. The Morgan fingerprint density at radius 2 is 1.63 bits per heavy atom. The largest absolute Gasteiger partial charge is 0.378 e. The fourth-order valence-electron chi connectivity index (χ4n) is 2.15. The van der Waals surface area contributed by atoms with Crippen LogP contribution >= 0.6 is 0 Å². The monoisotopic (exact) mass is 251 g/mol. The summed E-state index contributed by atoms with van der Waals surface area (Å²) in [6.07, 6.45) is 1.08. The predicted octanol–water partition coefficient (Wildman–Crippen LogP) is 4.45. The molecule has 0 N–H and O–H groups in total.